The first-order valence-electron chi connectivity index (χ1n) is 9.75. The van der Waals surface area contributed by atoms with Crippen molar-refractivity contribution in [3.05, 3.63) is 46.5 Å². The fourth-order valence-corrected chi connectivity index (χ4v) is 3.37. The van der Waals surface area contributed by atoms with E-state index in [1.165, 1.54) is 0 Å². The number of nitrogens with zero attached hydrogens (tertiary/aromatic N) is 4. The second-order valence-corrected chi connectivity index (χ2v) is 6.86. The predicted octanol–water partition coefficient (Wildman–Crippen LogP) is 2.77. The first kappa shape index (κ1) is 20.9. The third kappa shape index (κ3) is 4.27. The maximum atomic E-state index is 9.45. The topological polar surface area (TPSA) is 158 Å². The molecule has 0 radical (unpaired) electrons. The van der Waals surface area contributed by atoms with Crippen molar-refractivity contribution in [2.24, 2.45) is 4.99 Å². The van der Waals surface area contributed by atoms with Crippen molar-refractivity contribution in [1.29, 1.82) is 10.5 Å². The SMILES string of the molecule is CCCCCOCc1ccccc1C1N=C(NC#N)Nc2nc(N)c(C#N)c(N)c21. The third-order valence-electron chi connectivity index (χ3n) is 4.86. The van der Waals surface area contributed by atoms with Crippen molar-refractivity contribution in [2.45, 2.75) is 38.8 Å². The van der Waals surface area contributed by atoms with Gasteiger partial charge < -0.3 is 21.5 Å². The van der Waals surface area contributed by atoms with Crippen molar-refractivity contribution >= 4 is 23.3 Å². The lowest BCUT2D eigenvalue weighted by Gasteiger charge is -2.27. The molecule has 154 valence electrons. The van der Waals surface area contributed by atoms with Crippen LogP contribution in [0.4, 0.5) is 17.3 Å². The molecule has 1 atom stereocenters. The van der Waals surface area contributed by atoms with E-state index in [-0.39, 0.29) is 23.0 Å². The molecule has 0 fully saturated rings. The summed E-state index contributed by atoms with van der Waals surface area (Å²) in [6.45, 7) is 3.24. The van der Waals surface area contributed by atoms with Crippen LogP contribution in [-0.4, -0.2) is 17.6 Å². The highest BCUT2D eigenvalue weighted by atomic mass is 16.5. The molecule has 2 aromatic rings. The molecule has 0 saturated carbocycles. The minimum absolute atomic E-state index is 0.0192. The van der Waals surface area contributed by atoms with Crippen molar-refractivity contribution in [2.75, 3.05) is 23.4 Å². The van der Waals surface area contributed by atoms with Gasteiger partial charge in [-0.1, -0.05) is 44.0 Å². The van der Waals surface area contributed by atoms with Crippen LogP contribution in [0.15, 0.2) is 29.3 Å². The van der Waals surface area contributed by atoms with E-state index >= 15 is 0 Å². The first-order chi connectivity index (χ1) is 14.6. The molecule has 1 aliphatic rings. The van der Waals surface area contributed by atoms with Crippen LogP contribution in [-0.2, 0) is 11.3 Å². The van der Waals surface area contributed by atoms with Crippen molar-refractivity contribution < 1.29 is 4.74 Å². The van der Waals surface area contributed by atoms with Gasteiger partial charge >= 0.3 is 0 Å². The zero-order valence-electron chi connectivity index (χ0n) is 16.8. The lowest BCUT2D eigenvalue weighted by molar-refractivity contribution is 0.116. The van der Waals surface area contributed by atoms with E-state index in [4.69, 9.17) is 21.5 Å². The number of nitrogen functional groups attached to an aromatic ring is 2. The minimum atomic E-state index is -0.576. The molecule has 1 aliphatic heterocycles. The molecule has 0 spiro atoms. The summed E-state index contributed by atoms with van der Waals surface area (Å²) < 4.78 is 5.86. The first-order valence-corrected chi connectivity index (χ1v) is 9.75. The van der Waals surface area contributed by atoms with Crippen LogP contribution in [0.25, 0.3) is 0 Å². The molecule has 0 bridgehead atoms. The zero-order chi connectivity index (χ0) is 21.5. The van der Waals surface area contributed by atoms with Gasteiger partial charge in [0.05, 0.1) is 12.3 Å². The number of ether oxygens (including phenoxy) is 1. The van der Waals surface area contributed by atoms with Gasteiger partial charge in [0, 0.05) is 12.2 Å². The van der Waals surface area contributed by atoms with Gasteiger partial charge in [-0.3, -0.25) is 5.32 Å². The number of pyridine rings is 1. The summed E-state index contributed by atoms with van der Waals surface area (Å²) in [6.07, 6.45) is 5.11. The Morgan fingerprint density at radius 3 is 2.77 bits per heavy atom. The molecule has 0 amide bonds. The van der Waals surface area contributed by atoms with Crippen LogP contribution in [0.1, 0.15) is 54.5 Å². The highest BCUT2D eigenvalue weighted by Gasteiger charge is 2.30. The second-order valence-electron chi connectivity index (χ2n) is 6.86. The van der Waals surface area contributed by atoms with Gasteiger partial charge in [0.25, 0.3) is 0 Å². The number of nitrogens with two attached hydrogens (primary N) is 2. The second kappa shape index (κ2) is 9.59. The Bertz CT molecular complexity index is 1030. The Kier molecular flexibility index (Phi) is 6.68. The number of aliphatic imine (C=N–C) groups is 1. The number of fused-ring (bicyclic) bond motifs is 1. The van der Waals surface area contributed by atoms with Crippen LogP contribution >= 0.6 is 0 Å². The summed E-state index contributed by atoms with van der Waals surface area (Å²) in [5.74, 6) is 0.607. The lowest BCUT2D eigenvalue weighted by Crippen LogP contribution is -2.33. The summed E-state index contributed by atoms with van der Waals surface area (Å²) in [6, 6.07) is 9.16. The number of benzene rings is 1. The average Bonchev–Trinajstić information content (AvgIpc) is 2.74. The van der Waals surface area contributed by atoms with E-state index in [0.717, 1.165) is 30.4 Å². The number of nitrogens with one attached hydrogen (secondary N) is 2. The van der Waals surface area contributed by atoms with Gasteiger partial charge in [-0.25, -0.2) is 9.98 Å². The van der Waals surface area contributed by atoms with E-state index in [0.29, 0.717) is 24.6 Å². The Morgan fingerprint density at radius 1 is 1.23 bits per heavy atom. The molecule has 9 nitrogen and oxygen atoms in total. The van der Waals surface area contributed by atoms with Gasteiger partial charge in [0.15, 0.2) is 6.19 Å². The maximum Gasteiger partial charge on any atom is 0.211 e. The van der Waals surface area contributed by atoms with E-state index in [1.54, 1.807) is 0 Å². The van der Waals surface area contributed by atoms with Crippen LogP contribution in [0, 0.1) is 22.8 Å². The van der Waals surface area contributed by atoms with Crippen LogP contribution in [0.5, 0.6) is 0 Å². The van der Waals surface area contributed by atoms with Crippen LogP contribution in [0.3, 0.4) is 0 Å². The number of unbranched alkanes of at least 4 members (excludes halogenated alkanes) is 2. The highest BCUT2D eigenvalue weighted by molar-refractivity contribution is 5.98. The molecule has 0 saturated heterocycles. The third-order valence-corrected chi connectivity index (χ3v) is 4.86. The molecule has 0 aliphatic carbocycles. The molecular formula is C21H24N8O. The van der Waals surface area contributed by atoms with Gasteiger partial charge in [-0.2, -0.15) is 10.5 Å². The average molecular weight is 404 g/mol. The Morgan fingerprint density at radius 2 is 2.03 bits per heavy atom. The van der Waals surface area contributed by atoms with E-state index < -0.39 is 6.04 Å². The highest BCUT2D eigenvalue weighted by Crippen LogP contribution is 2.41. The molecule has 1 aromatic carbocycles. The smallest absolute Gasteiger partial charge is 0.211 e. The molecule has 1 aromatic heterocycles. The van der Waals surface area contributed by atoms with Crippen molar-refractivity contribution in [1.82, 2.24) is 10.3 Å². The summed E-state index contributed by atoms with van der Waals surface area (Å²) >= 11 is 0. The summed E-state index contributed by atoms with van der Waals surface area (Å²) in [5.41, 5.74) is 14.9. The summed E-state index contributed by atoms with van der Waals surface area (Å²) in [7, 11) is 0. The standard InChI is InChI=1S/C21H24N8O/c1-2-3-6-9-30-11-13-7-4-5-8-14(13)18-16-17(24)15(10-22)19(25)28-20(16)29-21(27-18)26-12-23/h4-5,7-8,18H,2-3,6,9,11H2,1H3,(H6,24,25,26,27,28,29). The van der Waals surface area contributed by atoms with Crippen LogP contribution in [0.2, 0.25) is 0 Å². The molecular weight excluding hydrogens is 380 g/mol. The fourth-order valence-electron chi connectivity index (χ4n) is 3.37. The summed E-state index contributed by atoms with van der Waals surface area (Å²) in [4.78, 5) is 8.90. The Labute approximate surface area is 175 Å². The fraction of sp³-hybridized carbons (Fsp3) is 0.333. The molecule has 2 heterocycles. The number of nitriles is 2. The zero-order valence-corrected chi connectivity index (χ0v) is 16.8. The van der Waals surface area contributed by atoms with E-state index in [9.17, 15) is 5.26 Å². The number of aromatic nitrogens is 1. The molecule has 9 heteroatoms. The van der Waals surface area contributed by atoms with E-state index in [2.05, 4.69) is 27.5 Å². The van der Waals surface area contributed by atoms with Crippen LogP contribution < -0.4 is 22.1 Å². The van der Waals surface area contributed by atoms with Gasteiger partial charge in [-0.15, -0.1) is 0 Å². The minimum Gasteiger partial charge on any atom is -0.397 e. The molecule has 3 rings (SSSR count). The quantitative estimate of drug-likeness (QED) is 0.311. The molecule has 1 unspecified atom stereocenters. The van der Waals surface area contributed by atoms with E-state index in [1.807, 2.05) is 36.5 Å². The molecule has 30 heavy (non-hydrogen) atoms. The van der Waals surface area contributed by atoms with Crippen molar-refractivity contribution in [3.63, 3.8) is 0 Å². The number of hydrogen-bond acceptors (Lipinski definition) is 9. The number of hydrogen-bond donors (Lipinski definition) is 4. The maximum absolute atomic E-state index is 9.45. The normalized spacial score (nSPS) is 14.6. The number of rotatable bonds is 7. The molecule has 6 N–H and O–H groups in total. The predicted molar refractivity (Wildman–Crippen MR) is 115 cm³/mol. The number of guanidine groups is 1. The lowest BCUT2D eigenvalue weighted by atomic mass is 9.92. The Balaban J connectivity index is 2.04. The number of anilines is 3. The van der Waals surface area contributed by atoms with Gasteiger partial charge in [0.2, 0.25) is 5.96 Å². The van der Waals surface area contributed by atoms with Crippen molar-refractivity contribution in [3.8, 4) is 12.3 Å². The van der Waals surface area contributed by atoms with Gasteiger partial charge in [-0.05, 0) is 17.5 Å². The van der Waals surface area contributed by atoms with Gasteiger partial charge in [0.1, 0.15) is 29.3 Å². The monoisotopic (exact) mass is 404 g/mol. The Hall–Kier alpha value is -3.82. The largest absolute Gasteiger partial charge is 0.397 e. The summed E-state index contributed by atoms with van der Waals surface area (Å²) in [5, 5.41) is 23.9.